The zero-order chi connectivity index (χ0) is 17.0. The lowest BCUT2D eigenvalue weighted by Crippen LogP contribution is -2.32. The number of hydrogen-bond acceptors (Lipinski definition) is 3. The summed E-state index contributed by atoms with van der Waals surface area (Å²) < 4.78 is 26.4. The van der Waals surface area contributed by atoms with Crippen molar-refractivity contribution in [2.45, 2.75) is 25.3 Å². The Hall–Kier alpha value is -1.85. The number of fused-ring (bicyclic) bond motifs is 1. The highest BCUT2D eigenvalue weighted by Gasteiger charge is 2.22. The average molecular weight is 344 g/mol. The Morgan fingerprint density at radius 2 is 1.79 bits per heavy atom. The van der Waals surface area contributed by atoms with E-state index in [0.29, 0.717) is 12.1 Å². The number of rotatable bonds is 6. The molecule has 2 aromatic carbocycles. The second kappa shape index (κ2) is 7.36. The van der Waals surface area contributed by atoms with Gasteiger partial charge in [-0.25, -0.2) is 8.42 Å². The van der Waals surface area contributed by atoms with Crippen LogP contribution >= 0.6 is 0 Å². The average Bonchev–Trinajstić information content (AvgIpc) is 2.62. The molecule has 1 atom stereocenters. The van der Waals surface area contributed by atoms with Gasteiger partial charge in [0.15, 0.2) is 0 Å². The van der Waals surface area contributed by atoms with Gasteiger partial charge in [-0.3, -0.25) is 4.31 Å². The SMILES string of the molecule is CN(c1ccccc1)S(=O)(=O)CCCC1NCCc2ccccc21. The molecule has 5 heteroatoms. The molecule has 24 heavy (non-hydrogen) atoms. The molecule has 4 nitrogen and oxygen atoms in total. The summed E-state index contributed by atoms with van der Waals surface area (Å²) in [4.78, 5) is 0. The molecule has 0 aliphatic carbocycles. The normalized spacial score (nSPS) is 17.3. The molecule has 0 aromatic heterocycles. The van der Waals surface area contributed by atoms with Crippen molar-refractivity contribution in [2.24, 2.45) is 0 Å². The largest absolute Gasteiger partial charge is 0.310 e. The molecule has 1 aliphatic rings. The van der Waals surface area contributed by atoms with E-state index in [1.54, 1.807) is 7.05 Å². The Balaban J connectivity index is 1.60. The van der Waals surface area contributed by atoms with Crippen molar-refractivity contribution in [3.63, 3.8) is 0 Å². The van der Waals surface area contributed by atoms with Gasteiger partial charge in [0.2, 0.25) is 10.0 Å². The third-order valence-electron chi connectivity index (χ3n) is 4.65. The molecule has 1 aliphatic heterocycles. The zero-order valence-electron chi connectivity index (χ0n) is 14.0. The molecule has 0 bridgehead atoms. The lowest BCUT2D eigenvalue weighted by atomic mass is 9.92. The molecule has 1 heterocycles. The Morgan fingerprint density at radius 3 is 2.58 bits per heavy atom. The molecule has 0 spiro atoms. The predicted octanol–water partition coefficient (Wildman–Crippen LogP) is 3.12. The Bertz CT molecular complexity index is 775. The van der Waals surface area contributed by atoms with E-state index in [4.69, 9.17) is 0 Å². The summed E-state index contributed by atoms with van der Waals surface area (Å²) in [7, 11) is -1.66. The van der Waals surface area contributed by atoms with Crippen LogP contribution in [-0.4, -0.2) is 27.8 Å². The van der Waals surface area contributed by atoms with Crippen LogP contribution in [0.2, 0.25) is 0 Å². The van der Waals surface area contributed by atoms with Crippen LogP contribution in [0.25, 0.3) is 0 Å². The van der Waals surface area contributed by atoms with E-state index in [2.05, 4.69) is 29.6 Å². The third-order valence-corrected chi connectivity index (χ3v) is 6.50. The van der Waals surface area contributed by atoms with Gasteiger partial charge in [0.25, 0.3) is 0 Å². The molecule has 0 radical (unpaired) electrons. The van der Waals surface area contributed by atoms with E-state index >= 15 is 0 Å². The predicted molar refractivity (Wildman–Crippen MR) is 98.8 cm³/mol. The van der Waals surface area contributed by atoms with Crippen molar-refractivity contribution >= 4 is 15.7 Å². The summed E-state index contributed by atoms with van der Waals surface area (Å²) in [6.45, 7) is 0.957. The highest BCUT2D eigenvalue weighted by Crippen LogP contribution is 2.26. The van der Waals surface area contributed by atoms with Crippen molar-refractivity contribution in [1.82, 2.24) is 5.32 Å². The Kier molecular flexibility index (Phi) is 5.21. The summed E-state index contributed by atoms with van der Waals surface area (Å²) in [5.74, 6) is 0.165. The molecular weight excluding hydrogens is 320 g/mol. The number of sulfonamides is 1. The van der Waals surface area contributed by atoms with Crippen LogP contribution in [0.1, 0.15) is 30.0 Å². The van der Waals surface area contributed by atoms with Crippen LogP contribution in [0.4, 0.5) is 5.69 Å². The van der Waals surface area contributed by atoms with Crippen molar-refractivity contribution < 1.29 is 8.42 Å². The van der Waals surface area contributed by atoms with Crippen molar-refractivity contribution in [1.29, 1.82) is 0 Å². The number of anilines is 1. The van der Waals surface area contributed by atoms with E-state index in [0.717, 1.165) is 19.4 Å². The van der Waals surface area contributed by atoms with Crippen molar-refractivity contribution in [3.8, 4) is 0 Å². The number of nitrogens with one attached hydrogen (secondary N) is 1. The second-order valence-corrected chi connectivity index (χ2v) is 8.34. The van der Waals surface area contributed by atoms with Crippen LogP contribution < -0.4 is 9.62 Å². The Labute approximate surface area is 144 Å². The van der Waals surface area contributed by atoms with E-state index < -0.39 is 10.0 Å². The minimum atomic E-state index is -3.29. The van der Waals surface area contributed by atoms with Gasteiger partial charge < -0.3 is 5.32 Å². The molecule has 2 aromatic rings. The van der Waals surface area contributed by atoms with E-state index in [9.17, 15) is 8.42 Å². The van der Waals surface area contributed by atoms with Crippen LogP contribution in [0.3, 0.4) is 0 Å². The van der Waals surface area contributed by atoms with Crippen LogP contribution in [0, 0.1) is 0 Å². The first kappa shape index (κ1) is 17.0. The summed E-state index contributed by atoms with van der Waals surface area (Å²) >= 11 is 0. The summed E-state index contributed by atoms with van der Waals surface area (Å²) in [6, 6.07) is 17.9. The van der Waals surface area contributed by atoms with Gasteiger partial charge in [-0.15, -0.1) is 0 Å². The molecule has 0 fully saturated rings. The minimum Gasteiger partial charge on any atom is -0.310 e. The molecule has 3 rings (SSSR count). The quantitative estimate of drug-likeness (QED) is 0.876. The molecule has 0 amide bonds. The van der Waals surface area contributed by atoms with E-state index in [-0.39, 0.29) is 11.8 Å². The maximum absolute atomic E-state index is 12.5. The number of hydrogen-bond donors (Lipinski definition) is 1. The number of nitrogens with zero attached hydrogens (tertiary/aromatic N) is 1. The van der Waals surface area contributed by atoms with Gasteiger partial charge in [0, 0.05) is 13.1 Å². The van der Waals surface area contributed by atoms with Gasteiger partial charge in [0.05, 0.1) is 11.4 Å². The zero-order valence-corrected chi connectivity index (χ0v) is 14.8. The number of para-hydroxylation sites is 1. The topological polar surface area (TPSA) is 49.4 Å². The highest BCUT2D eigenvalue weighted by molar-refractivity contribution is 7.92. The monoisotopic (exact) mass is 344 g/mol. The van der Waals surface area contributed by atoms with Gasteiger partial charge in [0.1, 0.15) is 0 Å². The molecule has 0 saturated carbocycles. The van der Waals surface area contributed by atoms with Gasteiger partial charge in [-0.05, 0) is 49.1 Å². The fourth-order valence-electron chi connectivity index (χ4n) is 3.26. The van der Waals surface area contributed by atoms with Gasteiger partial charge in [-0.1, -0.05) is 42.5 Å². The Morgan fingerprint density at radius 1 is 1.08 bits per heavy atom. The van der Waals surface area contributed by atoms with E-state index in [1.807, 2.05) is 30.3 Å². The molecule has 1 unspecified atom stereocenters. The van der Waals surface area contributed by atoms with Crippen molar-refractivity contribution in [2.75, 3.05) is 23.7 Å². The lowest BCUT2D eigenvalue weighted by molar-refractivity contribution is 0.470. The fourth-order valence-corrected chi connectivity index (χ4v) is 4.50. The lowest BCUT2D eigenvalue weighted by Gasteiger charge is -2.27. The van der Waals surface area contributed by atoms with E-state index in [1.165, 1.54) is 15.4 Å². The summed E-state index contributed by atoms with van der Waals surface area (Å²) in [6.07, 6.45) is 2.52. The first-order valence-corrected chi connectivity index (χ1v) is 10.0. The highest BCUT2D eigenvalue weighted by atomic mass is 32.2. The summed E-state index contributed by atoms with van der Waals surface area (Å²) in [5.41, 5.74) is 3.40. The smallest absolute Gasteiger partial charge is 0.234 e. The third kappa shape index (κ3) is 3.79. The molecule has 0 saturated heterocycles. The van der Waals surface area contributed by atoms with Crippen LogP contribution in [-0.2, 0) is 16.4 Å². The molecule has 128 valence electrons. The first-order valence-electron chi connectivity index (χ1n) is 8.41. The maximum Gasteiger partial charge on any atom is 0.234 e. The standard InChI is InChI=1S/C19H24N2O2S/c1-21(17-9-3-2-4-10-17)24(22,23)15-7-12-19-18-11-6-5-8-16(18)13-14-20-19/h2-6,8-11,19-20H,7,12-15H2,1H3. The minimum absolute atomic E-state index is 0.165. The number of benzene rings is 2. The fraction of sp³-hybridized carbons (Fsp3) is 0.368. The first-order chi connectivity index (χ1) is 11.6. The van der Waals surface area contributed by atoms with Gasteiger partial charge in [-0.2, -0.15) is 0 Å². The maximum atomic E-state index is 12.5. The summed E-state index contributed by atoms with van der Waals surface area (Å²) in [5, 5.41) is 3.51. The second-order valence-electron chi connectivity index (χ2n) is 6.22. The van der Waals surface area contributed by atoms with Crippen LogP contribution in [0.5, 0.6) is 0 Å². The van der Waals surface area contributed by atoms with Crippen LogP contribution in [0.15, 0.2) is 54.6 Å². The van der Waals surface area contributed by atoms with Gasteiger partial charge >= 0.3 is 0 Å². The van der Waals surface area contributed by atoms with Crippen molar-refractivity contribution in [3.05, 3.63) is 65.7 Å². The molecular formula is C19H24N2O2S. The molecule has 1 N–H and O–H groups in total.